The molecule has 2 aromatic rings. The summed E-state index contributed by atoms with van der Waals surface area (Å²) < 4.78 is 29.2. The van der Waals surface area contributed by atoms with Crippen LogP contribution in [-0.4, -0.2) is 104 Å². The molecule has 0 amide bonds. The Morgan fingerprint density at radius 3 is 2.24 bits per heavy atom. The predicted octanol–water partition coefficient (Wildman–Crippen LogP) is 2.20. The zero-order chi connectivity index (χ0) is 13.0. The van der Waals surface area contributed by atoms with Crippen molar-refractivity contribution in [3.05, 3.63) is 42.5 Å². The summed E-state index contributed by atoms with van der Waals surface area (Å²) in [5, 5.41) is 1.61. The van der Waals surface area contributed by atoms with Crippen LogP contribution in [0.2, 0.25) is 0 Å². The Morgan fingerprint density at radius 1 is 0.952 bits per heavy atom. The molecule has 0 aliphatic carbocycles. The van der Waals surface area contributed by atoms with Crippen LogP contribution in [0.1, 0.15) is 19.8 Å². The standard InChI is InChI=1S/C14H16O3S.3Na/c1-2-3-11-17-18(15,16)14-10-6-8-12-7-4-5-9-13(12)14;;;/h4-10H,2-3,11H2,1H3;;;. The first-order chi connectivity index (χ1) is 8.65. The molecule has 3 nitrogen and oxygen atoms in total. The van der Waals surface area contributed by atoms with Crippen LogP contribution in [0.4, 0.5) is 0 Å². The summed E-state index contributed by atoms with van der Waals surface area (Å²) in [6, 6.07) is 12.6. The SMILES string of the molecule is CCCCOS(=O)(=O)c1cccc2ccccc12.[Na].[Na].[Na]. The maximum Gasteiger partial charge on any atom is 0.297 e. The Hall–Kier alpha value is 1.61. The van der Waals surface area contributed by atoms with Crippen LogP contribution in [0.25, 0.3) is 10.8 Å². The van der Waals surface area contributed by atoms with Crippen LogP contribution in [0.3, 0.4) is 0 Å². The molecule has 0 atom stereocenters. The first-order valence-electron chi connectivity index (χ1n) is 6.02. The molecule has 99 valence electrons. The van der Waals surface area contributed by atoms with Crippen molar-refractivity contribution in [1.82, 2.24) is 0 Å². The number of hydrogen-bond donors (Lipinski definition) is 0. The van der Waals surface area contributed by atoms with Crippen LogP contribution in [-0.2, 0) is 14.3 Å². The topological polar surface area (TPSA) is 43.4 Å². The van der Waals surface area contributed by atoms with Gasteiger partial charge >= 0.3 is 0 Å². The van der Waals surface area contributed by atoms with E-state index >= 15 is 0 Å². The van der Waals surface area contributed by atoms with Crippen molar-refractivity contribution in [2.45, 2.75) is 24.7 Å². The van der Waals surface area contributed by atoms with Crippen molar-refractivity contribution in [3.63, 3.8) is 0 Å². The number of fused-ring (bicyclic) bond motifs is 1. The first kappa shape index (κ1) is 24.9. The van der Waals surface area contributed by atoms with Crippen LogP contribution < -0.4 is 0 Å². The van der Waals surface area contributed by atoms with Gasteiger partial charge in [-0.3, -0.25) is 4.18 Å². The van der Waals surface area contributed by atoms with Crippen molar-refractivity contribution in [2.24, 2.45) is 0 Å². The van der Waals surface area contributed by atoms with Gasteiger partial charge in [0.05, 0.1) is 6.61 Å². The van der Waals surface area contributed by atoms with Gasteiger partial charge in [-0.2, -0.15) is 8.42 Å². The van der Waals surface area contributed by atoms with Gasteiger partial charge in [0.2, 0.25) is 0 Å². The summed E-state index contributed by atoms with van der Waals surface area (Å²) in [4.78, 5) is 0.247. The molecular formula is C14H16Na3O3S. The molecule has 0 fully saturated rings. The molecule has 0 aliphatic rings. The molecule has 0 aliphatic heterocycles. The van der Waals surface area contributed by atoms with E-state index in [0.717, 1.165) is 18.2 Å². The smallest absolute Gasteiger partial charge is 0.266 e. The largest absolute Gasteiger partial charge is 0.297 e. The van der Waals surface area contributed by atoms with Gasteiger partial charge in [-0.1, -0.05) is 49.7 Å². The summed E-state index contributed by atoms with van der Waals surface area (Å²) in [7, 11) is -3.66. The molecule has 0 heterocycles. The summed E-state index contributed by atoms with van der Waals surface area (Å²) in [5.74, 6) is 0. The Kier molecular flexibility index (Phi) is 14.3. The second-order valence-electron chi connectivity index (χ2n) is 4.11. The minimum absolute atomic E-state index is 0. The summed E-state index contributed by atoms with van der Waals surface area (Å²) >= 11 is 0. The monoisotopic (exact) mass is 333 g/mol. The van der Waals surface area contributed by atoms with Crippen molar-refractivity contribution < 1.29 is 12.6 Å². The predicted molar refractivity (Wildman–Crippen MR) is 89.3 cm³/mol. The molecule has 0 bridgehead atoms. The van der Waals surface area contributed by atoms with E-state index in [9.17, 15) is 8.42 Å². The second-order valence-corrected chi connectivity index (χ2v) is 5.69. The van der Waals surface area contributed by atoms with Gasteiger partial charge in [0.15, 0.2) is 0 Å². The maximum absolute atomic E-state index is 12.1. The van der Waals surface area contributed by atoms with Gasteiger partial charge in [0.1, 0.15) is 4.90 Å². The van der Waals surface area contributed by atoms with E-state index in [1.54, 1.807) is 18.2 Å². The van der Waals surface area contributed by atoms with E-state index in [1.165, 1.54) is 0 Å². The Bertz CT molecular complexity index is 639. The average Bonchev–Trinajstić information content (AvgIpc) is 2.38. The van der Waals surface area contributed by atoms with Gasteiger partial charge < -0.3 is 0 Å². The second kappa shape index (κ2) is 12.0. The van der Waals surface area contributed by atoms with Crippen LogP contribution >= 0.6 is 0 Å². The molecule has 7 heteroatoms. The maximum atomic E-state index is 12.1. The summed E-state index contributed by atoms with van der Waals surface area (Å²) in [6.45, 7) is 2.23. The third-order valence-corrected chi connectivity index (χ3v) is 4.13. The number of unbranched alkanes of at least 4 members (excludes halogenated alkanes) is 1. The van der Waals surface area contributed by atoms with Crippen LogP contribution in [0.5, 0.6) is 0 Å². The van der Waals surface area contributed by atoms with Crippen molar-refractivity contribution in [2.75, 3.05) is 6.61 Å². The van der Waals surface area contributed by atoms with Gasteiger partial charge in [-0.15, -0.1) is 0 Å². The Labute approximate surface area is 193 Å². The van der Waals surface area contributed by atoms with Gasteiger partial charge in [-0.05, 0) is 17.9 Å². The van der Waals surface area contributed by atoms with E-state index in [2.05, 4.69) is 0 Å². The number of benzene rings is 2. The fourth-order valence-electron chi connectivity index (χ4n) is 1.79. The Morgan fingerprint density at radius 2 is 1.57 bits per heavy atom. The molecule has 0 N–H and O–H groups in total. The quantitative estimate of drug-likeness (QED) is 0.479. The summed E-state index contributed by atoms with van der Waals surface area (Å²) in [5.41, 5.74) is 0. The summed E-state index contributed by atoms with van der Waals surface area (Å²) in [6.07, 6.45) is 1.65. The van der Waals surface area contributed by atoms with E-state index < -0.39 is 10.1 Å². The van der Waals surface area contributed by atoms with Gasteiger partial charge in [-0.25, -0.2) is 0 Å². The molecule has 0 aromatic heterocycles. The van der Waals surface area contributed by atoms with Crippen LogP contribution in [0, 0.1) is 0 Å². The minimum atomic E-state index is -3.66. The molecule has 2 rings (SSSR count). The molecule has 0 saturated carbocycles. The minimum Gasteiger partial charge on any atom is -0.266 e. The molecule has 0 unspecified atom stereocenters. The fourth-order valence-corrected chi connectivity index (χ4v) is 2.95. The normalized spacial score (nSPS) is 10.1. The van der Waals surface area contributed by atoms with E-state index in [1.807, 2.05) is 31.2 Å². The average molecular weight is 333 g/mol. The molecule has 21 heavy (non-hydrogen) atoms. The van der Waals surface area contributed by atoms with E-state index in [4.69, 9.17) is 4.18 Å². The first-order valence-corrected chi connectivity index (χ1v) is 7.43. The zero-order valence-electron chi connectivity index (χ0n) is 13.3. The third kappa shape index (κ3) is 6.94. The molecule has 2 aromatic carbocycles. The Balaban J connectivity index is 0. The van der Waals surface area contributed by atoms with E-state index in [0.29, 0.717) is 5.39 Å². The van der Waals surface area contributed by atoms with Crippen molar-refractivity contribution in [1.29, 1.82) is 0 Å². The third-order valence-electron chi connectivity index (χ3n) is 2.76. The van der Waals surface area contributed by atoms with Crippen LogP contribution in [0.15, 0.2) is 47.4 Å². The van der Waals surface area contributed by atoms with Crippen molar-refractivity contribution >= 4 is 110 Å². The van der Waals surface area contributed by atoms with Crippen molar-refractivity contribution in [3.8, 4) is 0 Å². The zero-order valence-corrected chi connectivity index (χ0v) is 20.1. The molecule has 3 radical (unpaired) electrons. The van der Waals surface area contributed by atoms with Gasteiger partial charge in [0, 0.05) is 94.1 Å². The molecular weight excluding hydrogens is 317 g/mol. The van der Waals surface area contributed by atoms with E-state index in [-0.39, 0.29) is 100 Å². The number of rotatable bonds is 5. The fraction of sp³-hybridized carbons (Fsp3) is 0.286. The van der Waals surface area contributed by atoms with Gasteiger partial charge in [0.25, 0.3) is 10.1 Å². The molecule has 0 saturated heterocycles. The number of hydrogen-bond acceptors (Lipinski definition) is 3. The molecule has 0 spiro atoms.